The van der Waals surface area contributed by atoms with E-state index in [9.17, 15) is 4.79 Å². The van der Waals surface area contributed by atoms with Crippen LogP contribution in [0.25, 0.3) is 11.1 Å². The summed E-state index contributed by atoms with van der Waals surface area (Å²) in [5.41, 5.74) is 3.29. The molecule has 2 aromatic carbocycles. The number of rotatable bonds is 6. The van der Waals surface area contributed by atoms with E-state index in [4.69, 9.17) is 0 Å². The zero-order chi connectivity index (χ0) is 16.1. The van der Waals surface area contributed by atoms with Crippen molar-refractivity contribution in [1.29, 1.82) is 0 Å². The Labute approximate surface area is 152 Å². The highest BCUT2D eigenvalue weighted by molar-refractivity contribution is 8.05. The molecule has 0 saturated heterocycles. The minimum absolute atomic E-state index is 0.179. The van der Waals surface area contributed by atoms with Crippen molar-refractivity contribution in [3.8, 4) is 11.1 Å². The highest BCUT2D eigenvalue weighted by Crippen LogP contribution is 2.46. The van der Waals surface area contributed by atoms with Crippen LogP contribution in [0.5, 0.6) is 0 Å². The average Bonchev–Trinajstić information content (AvgIpc) is 3.04. The Hall–Kier alpha value is -1.14. The molecule has 5 heteroatoms. The number of carbonyl (C=O) groups excluding carboxylic acids is 1. The van der Waals surface area contributed by atoms with Crippen molar-refractivity contribution >= 4 is 50.0 Å². The van der Waals surface area contributed by atoms with Gasteiger partial charge in [0.25, 0.3) is 4.21 Å². The van der Waals surface area contributed by atoms with Crippen molar-refractivity contribution in [3.63, 3.8) is 0 Å². The van der Waals surface area contributed by atoms with E-state index in [-0.39, 0.29) is 5.78 Å². The van der Waals surface area contributed by atoms with Crippen LogP contribution in [-0.4, -0.2) is 17.8 Å². The molecule has 0 unspecified atom stereocenters. The summed E-state index contributed by atoms with van der Waals surface area (Å²) >= 11 is 3.42. The predicted molar refractivity (Wildman–Crippen MR) is 105 cm³/mol. The van der Waals surface area contributed by atoms with Gasteiger partial charge in [0.15, 0.2) is 16.1 Å². The minimum atomic E-state index is 0.179. The van der Waals surface area contributed by atoms with Gasteiger partial charge >= 0.3 is 10.3 Å². The van der Waals surface area contributed by atoms with Crippen LogP contribution in [0.15, 0.2) is 69.1 Å². The van der Waals surface area contributed by atoms with Crippen molar-refractivity contribution in [2.75, 3.05) is 12.0 Å². The maximum absolute atomic E-state index is 12.3. The van der Waals surface area contributed by atoms with E-state index in [2.05, 4.69) is 30.5 Å². The summed E-state index contributed by atoms with van der Waals surface area (Å²) in [5.74, 6) is 0.656. The van der Waals surface area contributed by atoms with Crippen LogP contribution < -0.4 is 0 Å². The SMILES string of the molecule is CSc1[s+]sc(SCC(=O)c2ccccc2)c1-c1ccccc1. The summed E-state index contributed by atoms with van der Waals surface area (Å²) in [6.45, 7) is 0. The maximum Gasteiger partial charge on any atom is 0.309 e. The molecule has 116 valence electrons. The molecule has 0 atom stereocenters. The van der Waals surface area contributed by atoms with E-state index in [1.807, 2.05) is 36.4 Å². The fourth-order valence-electron chi connectivity index (χ4n) is 2.15. The Balaban J connectivity index is 1.81. The zero-order valence-electron chi connectivity index (χ0n) is 12.5. The zero-order valence-corrected chi connectivity index (χ0v) is 15.8. The van der Waals surface area contributed by atoms with Gasteiger partial charge in [-0.05, 0) is 11.8 Å². The molecular formula is C18H15OS4+. The first-order valence-electron chi connectivity index (χ1n) is 7.06. The third kappa shape index (κ3) is 4.04. The number of carbonyl (C=O) groups is 1. The average molecular weight is 376 g/mol. The van der Waals surface area contributed by atoms with E-state index in [1.165, 1.54) is 19.5 Å². The molecule has 1 heterocycles. The van der Waals surface area contributed by atoms with Gasteiger partial charge in [-0.25, -0.2) is 0 Å². The molecule has 1 aromatic heterocycles. The summed E-state index contributed by atoms with van der Waals surface area (Å²) in [4.78, 5) is 12.3. The second-order valence-corrected chi connectivity index (χ2v) is 9.23. The summed E-state index contributed by atoms with van der Waals surface area (Å²) in [6.07, 6.45) is 2.11. The quantitative estimate of drug-likeness (QED) is 0.213. The second-order valence-electron chi connectivity index (χ2n) is 4.76. The van der Waals surface area contributed by atoms with Crippen molar-refractivity contribution in [2.24, 2.45) is 0 Å². The van der Waals surface area contributed by atoms with Gasteiger partial charge in [-0.2, -0.15) is 0 Å². The number of hydrogen-bond acceptors (Lipinski definition) is 4. The summed E-state index contributed by atoms with van der Waals surface area (Å²) in [6, 6.07) is 19.9. The third-order valence-electron chi connectivity index (χ3n) is 3.28. The van der Waals surface area contributed by atoms with Gasteiger partial charge in [-0.15, -0.1) is 11.8 Å². The first kappa shape index (κ1) is 16.7. The molecule has 0 spiro atoms. The molecule has 0 saturated carbocycles. The van der Waals surface area contributed by atoms with E-state index in [1.54, 1.807) is 44.2 Å². The standard InChI is InChI=1S/C18H15OS4/c1-20-17-16(14-10-6-3-7-11-14)18(23-22-17)21-12-15(19)13-8-4-2-5-9-13/h2-11H,12H2,1H3/q+1. The Morgan fingerprint density at radius 1 is 1.04 bits per heavy atom. The lowest BCUT2D eigenvalue weighted by Crippen LogP contribution is -2.01. The fourth-order valence-corrected chi connectivity index (χ4v) is 7.64. The normalized spacial score (nSPS) is 10.7. The van der Waals surface area contributed by atoms with Gasteiger partial charge in [-0.3, -0.25) is 4.79 Å². The Kier molecular flexibility index (Phi) is 5.89. The van der Waals surface area contributed by atoms with Gasteiger partial charge in [-0.1, -0.05) is 72.4 Å². The lowest BCUT2D eigenvalue weighted by Gasteiger charge is -2.02. The van der Waals surface area contributed by atoms with Crippen LogP contribution >= 0.6 is 44.2 Å². The number of benzene rings is 2. The van der Waals surface area contributed by atoms with E-state index in [0.717, 1.165) is 5.56 Å². The van der Waals surface area contributed by atoms with E-state index >= 15 is 0 Å². The molecule has 0 radical (unpaired) electrons. The van der Waals surface area contributed by atoms with Gasteiger partial charge in [0.05, 0.1) is 11.3 Å². The lowest BCUT2D eigenvalue weighted by molar-refractivity contribution is 0.102. The van der Waals surface area contributed by atoms with Crippen LogP contribution in [0.4, 0.5) is 0 Å². The summed E-state index contributed by atoms with van der Waals surface area (Å²) in [5, 5.41) is 0. The molecule has 0 bridgehead atoms. The fraction of sp³-hybridized carbons (Fsp3) is 0.111. The molecular weight excluding hydrogens is 360 g/mol. The minimum Gasteiger partial charge on any atom is -0.293 e. The molecule has 1 nitrogen and oxygen atoms in total. The van der Waals surface area contributed by atoms with Crippen molar-refractivity contribution in [3.05, 3.63) is 66.2 Å². The molecule has 3 rings (SSSR count). The third-order valence-corrected chi connectivity index (χ3v) is 8.76. The summed E-state index contributed by atoms with van der Waals surface area (Å²) < 4.78 is 2.55. The Morgan fingerprint density at radius 2 is 1.70 bits per heavy atom. The molecule has 0 amide bonds. The largest absolute Gasteiger partial charge is 0.309 e. The number of hydrogen-bond donors (Lipinski definition) is 0. The molecule has 3 aromatic rings. The molecule has 0 aliphatic heterocycles. The highest BCUT2D eigenvalue weighted by Gasteiger charge is 2.25. The summed E-state index contributed by atoms with van der Waals surface area (Å²) in [7, 11) is 3.56. The molecule has 0 aliphatic carbocycles. The van der Waals surface area contributed by atoms with Crippen molar-refractivity contribution in [1.82, 2.24) is 0 Å². The maximum atomic E-state index is 12.3. The van der Waals surface area contributed by atoms with Gasteiger partial charge in [0, 0.05) is 5.56 Å². The van der Waals surface area contributed by atoms with Crippen LogP contribution in [0.3, 0.4) is 0 Å². The van der Waals surface area contributed by atoms with Crippen molar-refractivity contribution in [2.45, 2.75) is 8.42 Å². The first-order valence-corrected chi connectivity index (χ1v) is 11.4. The van der Waals surface area contributed by atoms with Crippen LogP contribution in [0, 0.1) is 0 Å². The molecule has 0 N–H and O–H groups in total. The molecule has 23 heavy (non-hydrogen) atoms. The van der Waals surface area contributed by atoms with Crippen LogP contribution in [-0.2, 0) is 0 Å². The van der Waals surface area contributed by atoms with E-state index in [0.29, 0.717) is 5.75 Å². The Morgan fingerprint density at radius 3 is 2.35 bits per heavy atom. The monoisotopic (exact) mass is 375 g/mol. The Bertz CT molecular complexity index is 781. The predicted octanol–water partition coefficient (Wildman–Crippen LogP) is 6.45. The topological polar surface area (TPSA) is 17.1 Å². The van der Waals surface area contributed by atoms with Crippen LogP contribution in [0.1, 0.15) is 10.4 Å². The van der Waals surface area contributed by atoms with Gasteiger partial charge in [0.1, 0.15) is 4.21 Å². The lowest BCUT2D eigenvalue weighted by atomic mass is 10.1. The first-order chi connectivity index (χ1) is 11.3. The van der Waals surface area contributed by atoms with Crippen LogP contribution in [0.2, 0.25) is 0 Å². The molecule has 0 aliphatic rings. The van der Waals surface area contributed by atoms with Crippen molar-refractivity contribution < 1.29 is 4.79 Å². The van der Waals surface area contributed by atoms with E-state index < -0.39 is 0 Å². The smallest absolute Gasteiger partial charge is 0.293 e. The number of ketones is 1. The second kappa shape index (κ2) is 8.11. The van der Waals surface area contributed by atoms with Gasteiger partial charge in [0.2, 0.25) is 0 Å². The molecule has 0 fully saturated rings. The van der Waals surface area contributed by atoms with Gasteiger partial charge < -0.3 is 0 Å². The highest BCUT2D eigenvalue weighted by atomic mass is 32.9. The number of Topliss-reactive ketones (excluding diaryl/α,β-unsaturated/α-hetero) is 1. The number of thioether (sulfide) groups is 2.